The second kappa shape index (κ2) is 12.2. The number of hydrogen-bond acceptors (Lipinski definition) is 5. The van der Waals surface area contributed by atoms with Crippen LogP contribution in [0.3, 0.4) is 0 Å². The molecule has 0 aromatic heterocycles. The Morgan fingerprint density at radius 1 is 0.853 bits per heavy atom. The van der Waals surface area contributed by atoms with Crippen LogP contribution in [0.25, 0.3) is 0 Å². The van der Waals surface area contributed by atoms with Crippen LogP contribution in [0, 0.1) is 0 Å². The minimum absolute atomic E-state index is 0.184. The summed E-state index contributed by atoms with van der Waals surface area (Å²) in [5.41, 5.74) is 2.47. The smallest absolute Gasteiger partial charge is 0.340 e. The molecule has 2 amide bonds. The van der Waals surface area contributed by atoms with E-state index >= 15 is 0 Å². The molecule has 3 aromatic rings. The number of aryl methyl sites for hydroxylation is 1. The third-order valence-corrected chi connectivity index (χ3v) is 5.23. The molecule has 0 aliphatic carbocycles. The van der Waals surface area contributed by atoms with Gasteiger partial charge in [-0.25, -0.2) is 4.79 Å². The topological polar surface area (TPSA) is 93.7 Å². The molecule has 0 bridgehead atoms. The maximum Gasteiger partial charge on any atom is 0.340 e. The Kier molecular flexibility index (Phi) is 8.80. The lowest BCUT2D eigenvalue weighted by Gasteiger charge is -2.15. The summed E-state index contributed by atoms with van der Waals surface area (Å²) in [5.74, 6) is -0.575. The summed E-state index contributed by atoms with van der Waals surface area (Å²) in [4.78, 5) is 37.3. The third-order valence-electron chi connectivity index (χ3n) is 5.23. The zero-order chi connectivity index (χ0) is 24.3. The van der Waals surface area contributed by atoms with Gasteiger partial charge in [-0.1, -0.05) is 54.6 Å². The van der Waals surface area contributed by atoms with Crippen molar-refractivity contribution in [3.05, 3.63) is 95.6 Å². The molecule has 7 heteroatoms. The van der Waals surface area contributed by atoms with Crippen molar-refractivity contribution in [1.29, 1.82) is 0 Å². The molecule has 34 heavy (non-hydrogen) atoms. The van der Waals surface area contributed by atoms with E-state index in [1.54, 1.807) is 31.4 Å². The number of methoxy groups -OCH3 is 1. The van der Waals surface area contributed by atoms with Crippen LogP contribution < -0.4 is 15.4 Å². The highest BCUT2D eigenvalue weighted by Gasteiger charge is 2.17. The maximum atomic E-state index is 12.6. The van der Waals surface area contributed by atoms with Crippen LogP contribution >= 0.6 is 0 Å². The van der Waals surface area contributed by atoms with Crippen molar-refractivity contribution in [2.45, 2.75) is 25.8 Å². The molecule has 3 aromatic carbocycles. The SMILES string of the molecule is COc1ccc(CCC(=O)Nc2ccccc2C(=O)OCC(=O)NC(C)c2ccccc2)cc1. The van der Waals surface area contributed by atoms with E-state index in [1.807, 2.05) is 61.5 Å². The molecular formula is C27H28N2O5. The molecule has 1 unspecified atom stereocenters. The Balaban J connectivity index is 1.51. The molecule has 7 nitrogen and oxygen atoms in total. The predicted molar refractivity (Wildman–Crippen MR) is 130 cm³/mol. The van der Waals surface area contributed by atoms with Gasteiger partial charge in [-0.05, 0) is 48.7 Å². The number of para-hydroxylation sites is 1. The minimum atomic E-state index is -0.687. The van der Waals surface area contributed by atoms with Gasteiger partial charge < -0.3 is 20.1 Å². The van der Waals surface area contributed by atoms with E-state index in [1.165, 1.54) is 0 Å². The fourth-order valence-corrected chi connectivity index (χ4v) is 3.35. The summed E-state index contributed by atoms with van der Waals surface area (Å²) in [5, 5.41) is 5.56. The molecule has 1 atom stereocenters. The van der Waals surface area contributed by atoms with Gasteiger partial charge in [0.05, 0.1) is 24.4 Å². The molecule has 0 aliphatic heterocycles. The summed E-state index contributed by atoms with van der Waals surface area (Å²) in [6.07, 6.45) is 0.789. The first-order valence-electron chi connectivity index (χ1n) is 11.0. The van der Waals surface area contributed by atoms with E-state index in [9.17, 15) is 14.4 Å². The number of nitrogens with one attached hydrogen (secondary N) is 2. The van der Waals surface area contributed by atoms with Crippen LogP contribution in [0.1, 0.15) is 40.9 Å². The van der Waals surface area contributed by atoms with Gasteiger partial charge in [0, 0.05) is 6.42 Å². The Morgan fingerprint density at radius 3 is 2.24 bits per heavy atom. The number of amides is 2. The summed E-state index contributed by atoms with van der Waals surface area (Å²) >= 11 is 0. The van der Waals surface area contributed by atoms with Gasteiger partial charge in [0.1, 0.15) is 5.75 Å². The molecule has 176 valence electrons. The third kappa shape index (κ3) is 7.20. The Bertz CT molecular complexity index is 1110. The minimum Gasteiger partial charge on any atom is -0.497 e. The summed E-state index contributed by atoms with van der Waals surface area (Å²) in [6.45, 7) is 1.43. The second-order valence-electron chi connectivity index (χ2n) is 7.72. The van der Waals surface area contributed by atoms with Crippen molar-refractivity contribution in [3.63, 3.8) is 0 Å². The van der Waals surface area contributed by atoms with Gasteiger partial charge in [-0.15, -0.1) is 0 Å². The first-order valence-corrected chi connectivity index (χ1v) is 11.0. The Labute approximate surface area is 199 Å². The fraction of sp³-hybridized carbons (Fsp3) is 0.222. The summed E-state index contributed by atoms with van der Waals surface area (Å²) in [6, 6.07) is 23.3. The van der Waals surface area contributed by atoms with Crippen molar-refractivity contribution in [2.24, 2.45) is 0 Å². The van der Waals surface area contributed by atoms with Crippen LogP contribution in [0.4, 0.5) is 5.69 Å². The van der Waals surface area contributed by atoms with Crippen molar-refractivity contribution < 1.29 is 23.9 Å². The van der Waals surface area contributed by atoms with E-state index in [2.05, 4.69) is 10.6 Å². The van der Waals surface area contributed by atoms with E-state index in [4.69, 9.17) is 9.47 Å². The summed E-state index contributed by atoms with van der Waals surface area (Å²) < 4.78 is 10.3. The van der Waals surface area contributed by atoms with E-state index in [-0.39, 0.29) is 23.9 Å². The van der Waals surface area contributed by atoms with Gasteiger partial charge in [0.2, 0.25) is 5.91 Å². The normalized spacial score (nSPS) is 11.2. The lowest BCUT2D eigenvalue weighted by atomic mass is 10.1. The first-order chi connectivity index (χ1) is 16.5. The van der Waals surface area contributed by atoms with Crippen LogP contribution in [0.5, 0.6) is 5.75 Å². The molecule has 0 radical (unpaired) electrons. The van der Waals surface area contributed by atoms with Gasteiger partial charge in [-0.3, -0.25) is 9.59 Å². The van der Waals surface area contributed by atoms with Crippen molar-refractivity contribution >= 4 is 23.5 Å². The van der Waals surface area contributed by atoms with E-state index in [0.29, 0.717) is 12.1 Å². The maximum absolute atomic E-state index is 12.6. The zero-order valence-corrected chi connectivity index (χ0v) is 19.2. The fourth-order valence-electron chi connectivity index (χ4n) is 3.35. The molecular weight excluding hydrogens is 432 g/mol. The lowest BCUT2D eigenvalue weighted by molar-refractivity contribution is -0.124. The molecule has 0 heterocycles. The standard InChI is InChI=1S/C27H28N2O5/c1-19(21-8-4-3-5-9-21)28-26(31)18-34-27(32)23-10-6-7-11-24(23)29-25(30)17-14-20-12-15-22(33-2)16-13-20/h3-13,15-16,19H,14,17-18H2,1-2H3,(H,28,31)(H,29,30). The lowest BCUT2D eigenvalue weighted by Crippen LogP contribution is -2.31. The number of ether oxygens (including phenoxy) is 2. The van der Waals surface area contributed by atoms with Gasteiger partial charge in [-0.2, -0.15) is 0 Å². The zero-order valence-electron chi connectivity index (χ0n) is 19.2. The number of rotatable bonds is 10. The largest absolute Gasteiger partial charge is 0.497 e. The number of hydrogen-bond donors (Lipinski definition) is 2. The predicted octanol–water partition coefficient (Wildman–Crippen LogP) is 4.30. The highest BCUT2D eigenvalue weighted by Crippen LogP contribution is 2.18. The molecule has 0 aliphatic rings. The molecule has 0 spiro atoms. The van der Waals surface area contributed by atoms with E-state index in [0.717, 1.165) is 16.9 Å². The van der Waals surface area contributed by atoms with Crippen LogP contribution in [-0.4, -0.2) is 31.5 Å². The van der Waals surface area contributed by atoms with E-state index < -0.39 is 18.5 Å². The van der Waals surface area contributed by atoms with Crippen LogP contribution in [0.15, 0.2) is 78.9 Å². The number of anilines is 1. The number of carbonyl (C=O) groups is 3. The van der Waals surface area contributed by atoms with Crippen molar-refractivity contribution in [3.8, 4) is 5.75 Å². The van der Waals surface area contributed by atoms with Crippen molar-refractivity contribution in [2.75, 3.05) is 19.0 Å². The van der Waals surface area contributed by atoms with Gasteiger partial charge in [0.25, 0.3) is 5.91 Å². The molecule has 2 N–H and O–H groups in total. The molecule has 3 rings (SSSR count). The number of benzene rings is 3. The Hall–Kier alpha value is -4.13. The molecule has 0 saturated heterocycles. The Morgan fingerprint density at radius 2 is 1.53 bits per heavy atom. The second-order valence-corrected chi connectivity index (χ2v) is 7.72. The average molecular weight is 461 g/mol. The first kappa shape index (κ1) is 24.5. The van der Waals surface area contributed by atoms with Crippen LogP contribution in [0.2, 0.25) is 0 Å². The highest BCUT2D eigenvalue weighted by atomic mass is 16.5. The van der Waals surface area contributed by atoms with Crippen LogP contribution in [-0.2, 0) is 20.7 Å². The molecule has 0 saturated carbocycles. The monoisotopic (exact) mass is 460 g/mol. The summed E-state index contributed by atoms with van der Waals surface area (Å²) in [7, 11) is 1.60. The van der Waals surface area contributed by atoms with Gasteiger partial charge >= 0.3 is 5.97 Å². The van der Waals surface area contributed by atoms with Crippen molar-refractivity contribution in [1.82, 2.24) is 5.32 Å². The molecule has 0 fully saturated rings. The number of carbonyl (C=O) groups excluding carboxylic acids is 3. The van der Waals surface area contributed by atoms with Gasteiger partial charge in [0.15, 0.2) is 6.61 Å². The highest BCUT2D eigenvalue weighted by molar-refractivity contribution is 6.01. The number of esters is 1. The quantitative estimate of drug-likeness (QED) is 0.440. The average Bonchev–Trinajstić information content (AvgIpc) is 2.87.